The van der Waals surface area contributed by atoms with Crippen LogP contribution in [0.15, 0.2) is 144 Å². The zero-order chi connectivity index (χ0) is 51.9. The smallest absolute Gasteiger partial charge is 0.216 e. The summed E-state index contributed by atoms with van der Waals surface area (Å²) >= 11 is 0. The molecule has 0 saturated heterocycles. The molecule has 1 saturated carbocycles. The quantitative estimate of drug-likeness (QED) is 0.0953. The van der Waals surface area contributed by atoms with Gasteiger partial charge in [0.1, 0.15) is 0 Å². The molecular weight excluding hydrogens is 1110 g/mol. The molecule has 0 bridgehead atoms. The standard InChI is InChI=1S/C48H45N4O.C19H26NSi.Ir/c1-29-26-42-43(31(3)49-29)52(44-39(33-18-9-7-10-19-33)27-35(48(4,5)6)28-40(44)34-20-11-8-12-21-34)46(50-42)38-23-15-22-36-37-24-25-41(51-47(37)53-45(36)38)30(2)32-16-13-14-17-32;1-6-15(2)12-17-13-18(16-10-8-7-9-11-16)20-14-19(17)21(3,4)5;/h7-12,15,18-22,24-28,30,32H,13-14,16-17H2,1-6H3;7-10,13-15H,6,12H2,1-5H3;/q2*-1;. The van der Waals surface area contributed by atoms with Gasteiger partial charge >= 0.3 is 0 Å². The number of hydrogen-bond acceptors (Lipinski definition) is 5. The van der Waals surface area contributed by atoms with Crippen molar-refractivity contribution in [3.05, 3.63) is 180 Å². The summed E-state index contributed by atoms with van der Waals surface area (Å²) < 4.78 is 9.14. The molecule has 8 heteroatoms. The second-order valence-electron chi connectivity index (χ2n) is 23.0. The number of furan rings is 1. The number of nitrogens with zero attached hydrogens (tertiary/aromatic N) is 5. The van der Waals surface area contributed by atoms with Crippen molar-refractivity contribution < 1.29 is 24.5 Å². The third kappa shape index (κ3) is 11.0. The Bertz CT molecular complexity index is 3540. The Morgan fingerprint density at radius 3 is 2.03 bits per heavy atom. The van der Waals surface area contributed by atoms with Crippen molar-refractivity contribution in [3.63, 3.8) is 0 Å². The van der Waals surface area contributed by atoms with Crippen LogP contribution in [-0.4, -0.2) is 32.6 Å². The summed E-state index contributed by atoms with van der Waals surface area (Å²) in [6, 6.07) is 54.1. The summed E-state index contributed by atoms with van der Waals surface area (Å²) in [6.07, 6.45) is 9.67. The van der Waals surface area contributed by atoms with E-state index < -0.39 is 8.07 Å². The Hall–Kier alpha value is -6.31. The molecule has 1 aliphatic carbocycles. The van der Waals surface area contributed by atoms with Crippen LogP contribution in [-0.2, 0) is 31.9 Å². The maximum absolute atomic E-state index is 6.81. The summed E-state index contributed by atoms with van der Waals surface area (Å²) in [7, 11) is -1.35. The number of imidazole rings is 1. The largest absolute Gasteiger partial charge is 0.486 e. The summed E-state index contributed by atoms with van der Waals surface area (Å²) in [6.45, 7) is 25.1. The average molecular weight is 1180 g/mol. The Labute approximate surface area is 459 Å². The molecule has 0 aliphatic heterocycles. The van der Waals surface area contributed by atoms with E-state index in [2.05, 4.69) is 200 Å². The first-order valence-corrected chi connectivity index (χ1v) is 30.4. The summed E-state index contributed by atoms with van der Waals surface area (Å²) in [5, 5.41) is 3.53. The first-order chi connectivity index (χ1) is 35.6. The third-order valence-electron chi connectivity index (χ3n) is 15.5. The molecule has 2 atom stereocenters. The van der Waals surface area contributed by atoms with Crippen LogP contribution in [0.5, 0.6) is 0 Å². The molecule has 5 aromatic heterocycles. The predicted octanol–water partition coefficient (Wildman–Crippen LogP) is 17.4. The van der Waals surface area contributed by atoms with E-state index in [0.717, 1.165) is 107 Å². The first-order valence-electron chi connectivity index (χ1n) is 26.9. The number of rotatable bonds is 11. The number of pyridine rings is 3. The van der Waals surface area contributed by atoms with Crippen molar-refractivity contribution in [1.29, 1.82) is 0 Å². The van der Waals surface area contributed by atoms with Crippen molar-refractivity contribution >= 4 is 46.4 Å². The van der Waals surface area contributed by atoms with E-state index in [1.165, 1.54) is 48.4 Å². The molecule has 1 aliphatic rings. The minimum atomic E-state index is -1.35. The van der Waals surface area contributed by atoms with Gasteiger partial charge in [0.15, 0.2) is 0 Å². The van der Waals surface area contributed by atoms with Gasteiger partial charge in [-0.2, -0.15) is 0 Å². The van der Waals surface area contributed by atoms with E-state index in [4.69, 9.17) is 24.4 Å². The van der Waals surface area contributed by atoms with Crippen LogP contribution in [0.4, 0.5) is 0 Å². The number of aryl methyl sites for hydroxylation is 2. The second kappa shape index (κ2) is 22.1. The molecule has 6 nitrogen and oxygen atoms in total. The molecule has 0 amide bonds. The van der Waals surface area contributed by atoms with Crippen molar-refractivity contribution in [2.75, 3.05) is 0 Å². The van der Waals surface area contributed by atoms with Crippen LogP contribution in [0.3, 0.4) is 0 Å². The van der Waals surface area contributed by atoms with Crippen LogP contribution in [0, 0.1) is 37.8 Å². The van der Waals surface area contributed by atoms with Gasteiger partial charge in [-0.05, 0) is 108 Å². The molecule has 10 aromatic rings. The Morgan fingerprint density at radius 2 is 1.41 bits per heavy atom. The van der Waals surface area contributed by atoms with Gasteiger partial charge in [-0.1, -0.05) is 164 Å². The molecule has 1 radical (unpaired) electrons. The van der Waals surface area contributed by atoms with E-state index in [1.54, 1.807) is 0 Å². The van der Waals surface area contributed by atoms with Gasteiger partial charge in [0.2, 0.25) is 5.71 Å². The number of hydrogen-bond donors (Lipinski definition) is 0. The minimum absolute atomic E-state index is 0. The summed E-state index contributed by atoms with van der Waals surface area (Å²) in [4.78, 5) is 20.3. The molecule has 5 heterocycles. The van der Waals surface area contributed by atoms with Gasteiger partial charge in [-0.3, -0.25) is 9.97 Å². The molecule has 385 valence electrons. The molecular formula is C67H71IrN5OSi-2. The van der Waals surface area contributed by atoms with E-state index in [9.17, 15) is 0 Å². The molecule has 75 heavy (non-hydrogen) atoms. The minimum Gasteiger partial charge on any atom is -0.486 e. The van der Waals surface area contributed by atoms with Crippen molar-refractivity contribution in [2.45, 2.75) is 125 Å². The van der Waals surface area contributed by atoms with Crippen LogP contribution >= 0.6 is 0 Å². The van der Waals surface area contributed by atoms with Crippen LogP contribution < -0.4 is 5.19 Å². The van der Waals surface area contributed by atoms with Crippen LogP contribution in [0.25, 0.3) is 83.7 Å². The van der Waals surface area contributed by atoms with Gasteiger partial charge in [-0.25, -0.2) is 4.98 Å². The first kappa shape index (κ1) is 53.5. The van der Waals surface area contributed by atoms with Crippen molar-refractivity contribution in [2.24, 2.45) is 11.8 Å². The monoisotopic (exact) mass is 1180 g/mol. The van der Waals surface area contributed by atoms with E-state index >= 15 is 0 Å². The Morgan fingerprint density at radius 1 is 0.747 bits per heavy atom. The fraction of sp³-hybridized carbons (Fsp3) is 0.313. The Kier molecular flexibility index (Phi) is 15.8. The molecule has 1 fully saturated rings. The molecule has 0 spiro atoms. The van der Waals surface area contributed by atoms with Gasteiger partial charge in [0.25, 0.3) is 0 Å². The Balaban J connectivity index is 0.000000264. The topological polar surface area (TPSA) is 69.6 Å². The van der Waals surface area contributed by atoms with Gasteiger partial charge in [0, 0.05) is 60.1 Å². The summed E-state index contributed by atoms with van der Waals surface area (Å²) in [5.74, 6) is 2.55. The van der Waals surface area contributed by atoms with E-state index in [1.807, 2.05) is 31.2 Å². The fourth-order valence-electron chi connectivity index (χ4n) is 11.1. The fourth-order valence-corrected chi connectivity index (χ4v) is 12.7. The maximum atomic E-state index is 6.81. The normalized spacial score (nSPS) is 14.0. The van der Waals surface area contributed by atoms with Gasteiger partial charge < -0.3 is 14.0 Å². The number of benzene rings is 5. The number of aromatic nitrogens is 5. The molecule has 11 rings (SSSR count). The summed E-state index contributed by atoms with van der Waals surface area (Å²) in [5.41, 5.74) is 17.4. The van der Waals surface area contributed by atoms with Gasteiger partial charge in [0.05, 0.1) is 41.9 Å². The van der Waals surface area contributed by atoms with Crippen molar-refractivity contribution in [1.82, 2.24) is 24.5 Å². The molecule has 5 aromatic carbocycles. The molecule has 0 N–H and O–H groups in total. The average Bonchev–Trinajstić information content (AvgIpc) is 4.17. The van der Waals surface area contributed by atoms with Gasteiger partial charge in [-0.15, -0.1) is 54.1 Å². The van der Waals surface area contributed by atoms with Crippen LogP contribution in [0.2, 0.25) is 19.6 Å². The maximum Gasteiger partial charge on any atom is 0.216 e. The number of fused-ring (bicyclic) bond motifs is 4. The zero-order valence-corrected chi connectivity index (χ0v) is 49.1. The second-order valence-corrected chi connectivity index (χ2v) is 28.0. The van der Waals surface area contributed by atoms with E-state index in [-0.39, 0.29) is 25.5 Å². The molecule has 2 unspecified atom stereocenters. The van der Waals surface area contributed by atoms with E-state index in [0.29, 0.717) is 17.5 Å². The SMILES string of the molecule is CCC(C)Cc1cc(-c2[c-]cccc2)ncc1[Si](C)(C)C.Cc1cc2nc(-c3[c-]ccc4c3oc3nc(C(C)C5CCCC5)ccc34)n(-c3c(-c4ccccc4)cc(C(C)(C)C)cc3-c3ccccc3)c2c(C)n1.[Ir]. The third-order valence-corrected chi connectivity index (χ3v) is 17.5. The zero-order valence-electron chi connectivity index (χ0n) is 45.7. The predicted molar refractivity (Wildman–Crippen MR) is 312 cm³/mol. The van der Waals surface area contributed by atoms with Crippen molar-refractivity contribution in [3.8, 4) is 50.6 Å². The van der Waals surface area contributed by atoms with Crippen LogP contribution in [0.1, 0.15) is 108 Å².